The summed E-state index contributed by atoms with van der Waals surface area (Å²) in [5, 5.41) is 0. The van der Waals surface area contributed by atoms with Gasteiger partial charge in [0.2, 0.25) is 0 Å². The van der Waals surface area contributed by atoms with Gasteiger partial charge in [0.25, 0.3) is 0 Å². The summed E-state index contributed by atoms with van der Waals surface area (Å²) >= 11 is 4.35. The van der Waals surface area contributed by atoms with E-state index in [1.54, 1.807) is 5.57 Å². The second-order valence-electron chi connectivity index (χ2n) is 3.72. The summed E-state index contributed by atoms with van der Waals surface area (Å²) in [6, 6.07) is 0. The molecule has 0 aromatic carbocycles. The molecule has 1 rings (SSSR count). The molecule has 0 spiro atoms. The predicted molar refractivity (Wildman–Crippen MR) is 49.6 cm³/mol. The van der Waals surface area contributed by atoms with E-state index in [9.17, 15) is 0 Å². The zero-order valence-electron chi connectivity index (χ0n) is 6.85. The van der Waals surface area contributed by atoms with E-state index in [1.807, 2.05) is 0 Å². The molecule has 1 atom stereocenters. The van der Waals surface area contributed by atoms with Crippen LogP contribution in [-0.4, -0.2) is 5.75 Å². The Hall–Kier alpha value is 0.0900. The maximum atomic E-state index is 4.35. The number of rotatable bonds is 1. The third-order valence-corrected chi connectivity index (χ3v) is 3.21. The highest BCUT2D eigenvalue weighted by Crippen LogP contribution is 2.35. The average molecular weight is 156 g/mol. The average Bonchev–Trinajstić information content (AvgIpc) is 1.96. The Morgan fingerprint density at radius 3 is 2.80 bits per heavy atom. The van der Waals surface area contributed by atoms with Crippen molar-refractivity contribution in [3.8, 4) is 0 Å². The van der Waals surface area contributed by atoms with Crippen LogP contribution in [0.4, 0.5) is 0 Å². The van der Waals surface area contributed by atoms with E-state index in [1.165, 1.54) is 19.3 Å². The molecule has 0 bridgehead atoms. The maximum absolute atomic E-state index is 4.35. The van der Waals surface area contributed by atoms with E-state index < -0.39 is 0 Å². The Labute approximate surface area is 69.1 Å². The molecule has 1 unspecified atom stereocenters. The fourth-order valence-corrected chi connectivity index (χ4v) is 1.55. The molecule has 0 aromatic heterocycles. The molecule has 58 valence electrons. The van der Waals surface area contributed by atoms with Crippen LogP contribution in [0.25, 0.3) is 0 Å². The summed E-state index contributed by atoms with van der Waals surface area (Å²) in [6.45, 7) is 4.54. The largest absolute Gasteiger partial charge is 0.179 e. The standard InChI is InChI=1S/C9H16S/c1-8-3-5-9(2,7-10)6-4-8/h3,10H,4-7H2,1-2H3. The van der Waals surface area contributed by atoms with Gasteiger partial charge in [-0.25, -0.2) is 0 Å². The maximum Gasteiger partial charge on any atom is -0.00407 e. The summed E-state index contributed by atoms with van der Waals surface area (Å²) in [4.78, 5) is 0. The van der Waals surface area contributed by atoms with Gasteiger partial charge in [0.1, 0.15) is 0 Å². The first-order valence-electron chi connectivity index (χ1n) is 3.93. The number of hydrogen-bond acceptors (Lipinski definition) is 1. The molecule has 0 amide bonds. The second-order valence-corrected chi connectivity index (χ2v) is 4.04. The van der Waals surface area contributed by atoms with E-state index in [0.29, 0.717) is 5.41 Å². The number of allylic oxidation sites excluding steroid dienone is 2. The van der Waals surface area contributed by atoms with Crippen LogP contribution in [0.3, 0.4) is 0 Å². The Balaban J connectivity index is 2.56. The molecular weight excluding hydrogens is 140 g/mol. The highest BCUT2D eigenvalue weighted by molar-refractivity contribution is 7.80. The molecule has 1 aliphatic carbocycles. The monoisotopic (exact) mass is 156 g/mol. The fourth-order valence-electron chi connectivity index (χ4n) is 1.27. The molecule has 0 radical (unpaired) electrons. The van der Waals surface area contributed by atoms with Gasteiger partial charge in [0.05, 0.1) is 0 Å². The lowest BCUT2D eigenvalue weighted by atomic mass is 9.78. The molecule has 0 aromatic rings. The zero-order valence-corrected chi connectivity index (χ0v) is 7.75. The van der Waals surface area contributed by atoms with Gasteiger partial charge in [-0.1, -0.05) is 18.6 Å². The van der Waals surface area contributed by atoms with Crippen LogP contribution in [0.5, 0.6) is 0 Å². The van der Waals surface area contributed by atoms with Crippen LogP contribution in [-0.2, 0) is 0 Å². The van der Waals surface area contributed by atoms with Crippen LogP contribution >= 0.6 is 12.6 Å². The van der Waals surface area contributed by atoms with Crippen molar-refractivity contribution in [3.63, 3.8) is 0 Å². The minimum Gasteiger partial charge on any atom is -0.179 e. The summed E-state index contributed by atoms with van der Waals surface area (Å²) in [5.74, 6) is 1.02. The third kappa shape index (κ3) is 1.79. The molecule has 0 aliphatic heterocycles. The second kappa shape index (κ2) is 3.00. The molecule has 10 heavy (non-hydrogen) atoms. The lowest BCUT2D eigenvalue weighted by Gasteiger charge is -2.30. The molecular formula is C9H16S. The molecule has 0 saturated carbocycles. The number of thiol groups is 1. The van der Waals surface area contributed by atoms with E-state index in [2.05, 4.69) is 32.6 Å². The Morgan fingerprint density at radius 2 is 2.40 bits per heavy atom. The fraction of sp³-hybridized carbons (Fsp3) is 0.778. The van der Waals surface area contributed by atoms with E-state index in [0.717, 1.165) is 5.75 Å². The molecule has 1 aliphatic rings. The third-order valence-electron chi connectivity index (χ3n) is 2.45. The van der Waals surface area contributed by atoms with E-state index >= 15 is 0 Å². The normalized spacial score (nSPS) is 33.7. The van der Waals surface area contributed by atoms with Crippen molar-refractivity contribution < 1.29 is 0 Å². The topological polar surface area (TPSA) is 0 Å². The first-order valence-corrected chi connectivity index (χ1v) is 4.56. The summed E-state index contributed by atoms with van der Waals surface area (Å²) in [6.07, 6.45) is 6.18. The quantitative estimate of drug-likeness (QED) is 0.438. The summed E-state index contributed by atoms with van der Waals surface area (Å²) in [5.41, 5.74) is 2.04. The molecule has 0 N–H and O–H groups in total. The van der Waals surface area contributed by atoms with Crippen LogP contribution in [0.15, 0.2) is 11.6 Å². The van der Waals surface area contributed by atoms with Crippen molar-refractivity contribution >= 4 is 12.6 Å². The first-order chi connectivity index (χ1) is 4.66. The Kier molecular flexibility index (Phi) is 2.45. The van der Waals surface area contributed by atoms with Gasteiger partial charge in [0, 0.05) is 0 Å². The van der Waals surface area contributed by atoms with Gasteiger partial charge in [-0.2, -0.15) is 12.6 Å². The van der Waals surface area contributed by atoms with Crippen LogP contribution in [0.2, 0.25) is 0 Å². The van der Waals surface area contributed by atoms with Crippen molar-refractivity contribution in [3.05, 3.63) is 11.6 Å². The van der Waals surface area contributed by atoms with Crippen molar-refractivity contribution in [2.24, 2.45) is 5.41 Å². The van der Waals surface area contributed by atoms with Gasteiger partial charge < -0.3 is 0 Å². The molecule has 0 fully saturated rings. The van der Waals surface area contributed by atoms with E-state index in [-0.39, 0.29) is 0 Å². The highest BCUT2D eigenvalue weighted by Gasteiger charge is 2.23. The van der Waals surface area contributed by atoms with Crippen LogP contribution in [0, 0.1) is 5.41 Å². The van der Waals surface area contributed by atoms with Crippen LogP contribution in [0.1, 0.15) is 33.1 Å². The van der Waals surface area contributed by atoms with Gasteiger partial charge in [0.15, 0.2) is 0 Å². The smallest absolute Gasteiger partial charge is 0.00407 e. The van der Waals surface area contributed by atoms with E-state index in [4.69, 9.17) is 0 Å². The highest BCUT2D eigenvalue weighted by atomic mass is 32.1. The Bertz CT molecular complexity index is 149. The molecule has 1 heteroatoms. The van der Waals surface area contributed by atoms with Gasteiger partial charge in [-0.15, -0.1) is 0 Å². The molecule has 0 nitrogen and oxygen atoms in total. The van der Waals surface area contributed by atoms with Gasteiger partial charge in [-0.05, 0) is 37.4 Å². The van der Waals surface area contributed by atoms with Crippen molar-refractivity contribution in [1.82, 2.24) is 0 Å². The minimum absolute atomic E-state index is 0.489. The van der Waals surface area contributed by atoms with Crippen molar-refractivity contribution in [1.29, 1.82) is 0 Å². The zero-order chi connectivity index (χ0) is 7.61. The van der Waals surface area contributed by atoms with Crippen LogP contribution < -0.4 is 0 Å². The van der Waals surface area contributed by atoms with Gasteiger partial charge in [-0.3, -0.25) is 0 Å². The predicted octanol–water partition coefficient (Wildman–Crippen LogP) is 3.05. The minimum atomic E-state index is 0.489. The first kappa shape index (κ1) is 8.19. The Morgan fingerprint density at radius 1 is 1.70 bits per heavy atom. The number of hydrogen-bond donors (Lipinski definition) is 1. The molecule has 0 saturated heterocycles. The van der Waals surface area contributed by atoms with Crippen molar-refractivity contribution in [2.75, 3.05) is 5.75 Å². The van der Waals surface area contributed by atoms with Gasteiger partial charge >= 0.3 is 0 Å². The SMILES string of the molecule is CC1=CCC(C)(CS)CC1. The summed E-state index contributed by atoms with van der Waals surface area (Å²) < 4.78 is 0. The van der Waals surface area contributed by atoms with Crippen molar-refractivity contribution in [2.45, 2.75) is 33.1 Å². The summed E-state index contributed by atoms with van der Waals surface area (Å²) in [7, 11) is 0. The lowest BCUT2D eigenvalue weighted by Crippen LogP contribution is -2.20. The lowest BCUT2D eigenvalue weighted by molar-refractivity contribution is 0.334. The molecule has 0 heterocycles.